The van der Waals surface area contributed by atoms with Crippen molar-refractivity contribution in [2.75, 3.05) is 6.54 Å². The first kappa shape index (κ1) is 13.8. The molecular formula is C16H23N3. The minimum atomic E-state index is 0.703. The zero-order valence-electron chi connectivity index (χ0n) is 11.8. The third kappa shape index (κ3) is 4.87. The summed E-state index contributed by atoms with van der Waals surface area (Å²) in [5.74, 6) is 0.703. The molecule has 19 heavy (non-hydrogen) atoms. The molecule has 0 aliphatic rings. The van der Waals surface area contributed by atoms with E-state index in [-0.39, 0.29) is 0 Å². The van der Waals surface area contributed by atoms with E-state index in [9.17, 15) is 0 Å². The van der Waals surface area contributed by atoms with Gasteiger partial charge in [-0.1, -0.05) is 13.8 Å². The molecule has 0 aromatic carbocycles. The zero-order valence-corrected chi connectivity index (χ0v) is 11.8. The molecule has 0 spiro atoms. The van der Waals surface area contributed by atoms with Gasteiger partial charge in [0.2, 0.25) is 0 Å². The van der Waals surface area contributed by atoms with Crippen LogP contribution >= 0.6 is 0 Å². The van der Waals surface area contributed by atoms with Gasteiger partial charge in [0.25, 0.3) is 0 Å². The third-order valence-electron chi connectivity index (χ3n) is 3.10. The van der Waals surface area contributed by atoms with Crippen LogP contribution in [-0.4, -0.2) is 16.1 Å². The summed E-state index contributed by atoms with van der Waals surface area (Å²) < 4.78 is 2.26. The van der Waals surface area contributed by atoms with Crippen LogP contribution in [0.2, 0.25) is 0 Å². The van der Waals surface area contributed by atoms with Gasteiger partial charge in [0, 0.05) is 37.9 Å². The molecule has 0 amide bonds. The molecule has 1 N–H and O–H groups in total. The standard InChI is InChI=1S/C16H23N3/c1-14(2)11-18-12-16-6-10-19(13-16)9-5-15-3-7-17-8-4-15/h3-4,6-8,10,13-14,18H,5,9,11-12H2,1-2H3. The molecule has 2 aromatic heterocycles. The Morgan fingerprint density at radius 3 is 2.68 bits per heavy atom. The predicted octanol–water partition coefficient (Wildman–Crippen LogP) is 2.87. The molecule has 2 aromatic rings. The maximum Gasteiger partial charge on any atom is 0.0270 e. The Balaban J connectivity index is 1.77. The molecule has 2 rings (SSSR count). The van der Waals surface area contributed by atoms with Crippen molar-refractivity contribution < 1.29 is 0 Å². The van der Waals surface area contributed by atoms with E-state index in [1.54, 1.807) is 0 Å². The number of nitrogens with one attached hydrogen (secondary N) is 1. The zero-order chi connectivity index (χ0) is 13.5. The molecule has 0 aliphatic heterocycles. The van der Waals surface area contributed by atoms with E-state index in [1.165, 1.54) is 11.1 Å². The Morgan fingerprint density at radius 1 is 1.16 bits per heavy atom. The second-order valence-electron chi connectivity index (χ2n) is 5.39. The van der Waals surface area contributed by atoms with Gasteiger partial charge >= 0.3 is 0 Å². The molecule has 0 atom stereocenters. The van der Waals surface area contributed by atoms with Crippen LogP contribution < -0.4 is 5.32 Å². The summed E-state index contributed by atoms with van der Waals surface area (Å²) >= 11 is 0. The summed E-state index contributed by atoms with van der Waals surface area (Å²) in [6.45, 7) is 7.51. The SMILES string of the molecule is CC(C)CNCc1ccn(CCc2ccncc2)c1. The van der Waals surface area contributed by atoms with Crippen molar-refractivity contribution in [3.05, 3.63) is 54.1 Å². The van der Waals surface area contributed by atoms with Gasteiger partial charge in [-0.25, -0.2) is 0 Å². The Kier molecular flexibility index (Phi) is 5.16. The first-order valence-corrected chi connectivity index (χ1v) is 6.98. The van der Waals surface area contributed by atoms with Crippen molar-refractivity contribution in [2.45, 2.75) is 33.4 Å². The number of nitrogens with zero attached hydrogens (tertiary/aromatic N) is 2. The van der Waals surface area contributed by atoms with Gasteiger partial charge < -0.3 is 9.88 Å². The molecule has 0 aliphatic carbocycles. The Labute approximate surface area is 115 Å². The summed E-state index contributed by atoms with van der Waals surface area (Å²) in [4.78, 5) is 4.04. The average molecular weight is 257 g/mol. The Hall–Kier alpha value is -1.61. The molecule has 0 radical (unpaired) electrons. The maximum atomic E-state index is 4.04. The number of hydrogen-bond donors (Lipinski definition) is 1. The minimum absolute atomic E-state index is 0.703. The van der Waals surface area contributed by atoms with Gasteiger partial charge in [-0.3, -0.25) is 4.98 Å². The largest absolute Gasteiger partial charge is 0.354 e. The summed E-state index contributed by atoms with van der Waals surface area (Å²) in [5, 5.41) is 3.47. The van der Waals surface area contributed by atoms with Gasteiger partial charge in [0.1, 0.15) is 0 Å². The summed E-state index contributed by atoms with van der Waals surface area (Å²) in [7, 11) is 0. The molecule has 102 valence electrons. The monoisotopic (exact) mass is 257 g/mol. The molecule has 0 saturated carbocycles. The van der Waals surface area contributed by atoms with Crippen LogP contribution in [0, 0.1) is 5.92 Å². The number of aryl methyl sites for hydroxylation is 2. The number of hydrogen-bond acceptors (Lipinski definition) is 2. The molecule has 0 fully saturated rings. The van der Waals surface area contributed by atoms with E-state index in [4.69, 9.17) is 0 Å². The highest BCUT2D eigenvalue weighted by atomic mass is 14.9. The fraction of sp³-hybridized carbons (Fsp3) is 0.438. The van der Waals surface area contributed by atoms with E-state index in [2.05, 4.69) is 59.3 Å². The van der Waals surface area contributed by atoms with Crippen molar-refractivity contribution in [1.29, 1.82) is 0 Å². The lowest BCUT2D eigenvalue weighted by atomic mass is 10.2. The summed E-state index contributed by atoms with van der Waals surface area (Å²) in [5.41, 5.74) is 2.69. The van der Waals surface area contributed by atoms with Gasteiger partial charge in [-0.2, -0.15) is 0 Å². The highest BCUT2D eigenvalue weighted by Crippen LogP contribution is 2.05. The van der Waals surface area contributed by atoms with Crippen LogP contribution in [0.5, 0.6) is 0 Å². The van der Waals surface area contributed by atoms with Crippen molar-refractivity contribution in [1.82, 2.24) is 14.9 Å². The predicted molar refractivity (Wildman–Crippen MR) is 78.9 cm³/mol. The lowest BCUT2D eigenvalue weighted by Crippen LogP contribution is -2.18. The summed E-state index contributed by atoms with van der Waals surface area (Å²) in [6, 6.07) is 6.35. The molecule has 0 saturated heterocycles. The first-order chi connectivity index (χ1) is 9.24. The van der Waals surface area contributed by atoms with Gasteiger partial charge in [-0.05, 0) is 48.2 Å². The van der Waals surface area contributed by atoms with E-state index in [1.807, 2.05) is 12.4 Å². The molecule has 2 heterocycles. The topological polar surface area (TPSA) is 29.9 Å². The number of pyridine rings is 1. The number of aromatic nitrogens is 2. The van der Waals surface area contributed by atoms with Crippen LogP contribution in [0.25, 0.3) is 0 Å². The van der Waals surface area contributed by atoms with Crippen molar-refractivity contribution in [3.63, 3.8) is 0 Å². The van der Waals surface area contributed by atoms with E-state index in [0.717, 1.165) is 26.1 Å². The fourth-order valence-electron chi connectivity index (χ4n) is 2.05. The Bertz CT molecular complexity index is 474. The quantitative estimate of drug-likeness (QED) is 0.826. The molecule has 3 heteroatoms. The molecule has 0 bridgehead atoms. The van der Waals surface area contributed by atoms with Crippen molar-refractivity contribution in [3.8, 4) is 0 Å². The second kappa shape index (κ2) is 7.10. The number of rotatable bonds is 7. The average Bonchev–Trinajstić information content (AvgIpc) is 2.85. The van der Waals surface area contributed by atoms with Crippen LogP contribution in [0.15, 0.2) is 43.0 Å². The lowest BCUT2D eigenvalue weighted by molar-refractivity contribution is 0.552. The fourth-order valence-corrected chi connectivity index (χ4v) is 2.05. The lowest BCUT2D eigenvalue weighted by Gasteiger charge is -2.06. The highest BCUT2D eigenvalue weighted by Gasteiger charge is 1.99. The second-order valence-corrected chi connectivity index (χ2v) is 5.39. The van der Waals surface area contributed by atoms with Crippen LogP contribution in [0.4, 0.5) is 0 Å². The summed E-state index contributed by atoms with van der Waals surface area (Å²) in [6.07, 6.45) is 9.15. The van der Waals surface area contributed by atoms with Crippen LogP contribution in [-0.2, 0) is 19.5 Å². The smallest absolute Gasteiger partial charge is 0.0270 e. The van der Waals surface area contributed by atoms with Gasteiger partial charge in [0.05, 0.1) is 0 Å². The van der Waals surface area contributed by atoms with Crippen LogP contribution in [0.3, 0.4) is 0 Å². The highest BCUT2D eigenvalue weighted by molar-refractivity contribution is 5.12. The molecule has 3 nitrogen and oxygen atoms in total. The minimum Gasteiger partial charge on any atom is -0.354 e. The molecular weight excluding hydrogens is 234 g/mol. The van der Waals surface area contributed by atoms with Crippen molar-refractivity contribution in [2.24, 2.45) is 5.92 Å². The van der Waals surface area contributed by atoms with Gasteiger partial charge in [0.15, 0.2) is 0 Å². The third-order valence-corrected chi connectivity index (χ3v) is 3.10. The van der Waals surface area contributed by atoms with E-state index < -0.39 is 0 Å². The Morgan fingerprint density at radius 2 is 1.95 bits per heavy atom. The maximum absolute atomic E-state index is 4.04. The van der Waals surface area contributed by atoms with E-state index in [0.29, 0.717) is 5.92 Å². The van der Waals surface area contributed by atoms with Crippen LogP contribution in [0.1, 0.15) is 25.0 Å². The molecule has 0 unspecified atom stereocenters. The van der Waals surface area contributed by atoms with Crippen molar-refractivity contribution >= 4 is 0 Å². The van der Waals surface area contributed by atoms with E-state index >= 15 is 0 Å². The normalized spacial score (nSPS) is 11.1. The van der Waals surface area contributed by atoms with Gasteiger partial charge in [-0.15, -0.1) is 0 Å². The first-order valence-electron chi connectivity index (χ1n) is 6.98.